The fraction of sp³-hybridized carbons (Fsp3) is 0.529. The van der Waals surface area contributed by atoms with Gasteiger partial charge in [-0.25, -0.2) is 0 Å². The van der Waals surface area contributed by atoms with Gasteiger partial charge in [-0.15, -0.1) is 0 Å². The molecule has 5 heteroatoms. The SMILES string of the molecule is O=C(N=CN1CCC(C2CNCCO2)CC1)c1ccccc1. The first-order chi connectivity index (χ1) is 10.8. The second-order valence-corrected chi connectivity index (χ2v) is 5.90. The number of carbonyl (C=O) groups excluding carboxylic acids is 1. The van der Waals surface area contributed by atoms with Gasteiger partial charge in [0.05, 0.1) is 19.0 Å². The third-order valence-corrected chi connectivity index (χ3v) is 4.42. The molecule has 0 spiro atoms. The van der Waals surface area contributed by atoms with Crippen LogP contribution in [-0.4, -0.2) is 56.0 Å². The molecule has 1 N–H and O–H groups in total. The number of piperidine rings is 1. The van der Waals surface area contributed by atoms with Crippen molar-refractivity contribution >= 4 is 12.2 Å². The van der Waals surface area contributed by atoms with Gasteiger partial charge < -0.3 is 15.0 Å². The van der Waals surface area contributed by atoms with Gasteiger partial charge in [0, 0.05) is 31.7 Å². The standard InChI is InChI=1S/C17H23N3O2/c21-17(15-4-2-1-3-5-15)19-13-20-9-6-14(7-10-20)16-12-18-8-11-22-16/h1-5,13-14,16,18H,6-12H2. The van der Waals surface area contributed by atoms with E-state index >= 15 is 0 Å². The van der Waals surface area contributed by atoms with E-state index in [1.54, 1.807) is 18.5 Å². The largest absolute Gasteiger partial charge is 0.375 e. The molecule has 0 bridgehead atoms. The molecule has 5 nitrogen and oxygen atoms in total. The average molecular weight is 301 g/mol. The Morgan fingerprint density at radius 2 is 2.05 bits per heavy atom. The normalized spacial score (nSPS) is 23.8. The molecule has 0 aliphatic carbocycles. The van der Waals surface area contributed by atoms with Crippen molar-refractivity contribution in [1.29, 1.82) is 0 Å². The highest BCUT2D eigenvalue weighted by Gasteiger charge is 2.27. The Morgan fingerprint density at radius 1 is 1.27 bits per heavy atom. The summed E-state index contributed by atoms with van der Waals surface area (Å²) in [6.07, 6.45) is 4.24. The number of ether oxygens (including phenoxy) is 1. The molecule has 118 valence electrons. The van der Waals surface area contributed by atoms with Gasteiger partial charge >= 0.3 is 0 Å². The Kier molecular flexibility index (Phi) is 5.19. The van der Waals surface area contributed by atoms with Crippen LogP contribution in [0.3, 0.4) is 0 Å². The minimum Gasteiger partial charge on any atom is -0.375 e. The molecule has 22 heavy (non-hydrogen) atoms. The van der Waals surface area contributed by atoms with E-state index in [0.29, 0.717) is 17.6 Å². The van der Waals surface area contributed by atoms with Crippen LogP contribution in [0, 0.1) is 5.92 Å². The maximum atomic E-state index is 11.9. The number of aliphatic imine (C=N–C) groups is 1. The molecule has 2 saturated heterocycles. The summed E-state index contributed by atoms with van der Waals surface area (Å²) in [5.41, 5.74) is 0.635. The third kappa shape index (κ3) is 3.93. The van der Waals surface area contributed by atoms with Crippen LogP contribution in [0.1, 0.15) is 23.2 Å². The Labute approximate surface area is 131 Å². The van der Waals surface area contributed by atoms with E-state index in [2.05, 4.69) is 15.2 Å². The molecule has 2 aliphatic heterocycles. The van der Waals surface area contributed by atoms with Crippen molar-refractivity contribution in [2.75, 3.05) is 32.8 Å². The Hall–Kier alpha value is -1.72. The minimum atomic E-state index is -0.178. The highest BCUT2D eigenvalue weighted by molar-refractivity contribution is 5.98. The van der Waals surface area contributed by atoms with Gasteiger partial charge in [0.25, 0.3) is 5.91 Å². The molecular weight excluding hydrogens is 278 g/mol. The predicted molar refractivity (Wildman–Crippen MR) is 86.2 cm³/mol. The number of likely N-dealkylation sites (tertiary alicyclic amines) is 1. The molecule has 2 fully saturated rings. The zero-order valence-electron chi connectivity index (χ0n) is 12.8. The van der Waals surface area contributed by atoms with Crippen LogP contribution in [0.4, 0.5) is 0 Å². The minimum absolute atomic E-state index is 0.178. The first kappa shape index (κ1) is 15.2. The van der Waals surface area contributed by atoms with Crippen LogP contribution >= 0.6 is 0 Å². The number of carbonyl (C=O) groups is 1. The predicted octanol–water partition coefficient (Wildman–Crippen LogP) is 1.56. The summed E-state index contributed by atoms with van der Waals surface area (Å²) in [5, 5.41) is 3.39. The Bertz CT molecular complexity index is 504. The molecule has 1 aromatic carbocycles. The van der Waals surface area contributed by atoms with Crippen molar-refractivity contribution in [1.82, 2.24) is 10.2 Å². The topological polar surface area (TPSA) is 53.9 Å². The second kappa shape index (κ2) is 7.51. The molecule has 0 aromatic heterocycles. The molecule has 1 atom stereocenters. The third-order valence-electron chi connectivity index (χ3n) is 4.42. The highest BCUT2D eigenvalue weighted by Crippen LogP contribution is 2.22. The Balaban J connectivity index is 1.47. The first-order valence-electron chi connectivity index (χ1n) is 8.03. The average Bonchev–Trinajstić information content (AvgIpc) is 2.61. The van der Waals surface area contributed by atoms with Gasteiger partial charge in [0.2, 0.25) is 0 Å². The highest BCUT2D eigenvalue weighted by atomic mass is 16.5. The van der Waals surface area contributed by atoms with Crippen LogP contribution in [-0.2, 0) is 4.74 Å². The summed E-state index contributed by atoms with van der Waals surface area (Å²) < 4.78 is 5.84. The number of benzene rings is 1. The van der Waals surface area contributed by atoms with Gasteiger partial charge in [0.15, 0.2) is 0 Å². The maximum absolute atomic E-state index is 11.9. The summed E-state index contributed by atoms with van der Waals surface area (Å²) in [6.45, 7) is 4.62. The number of amides is 1. The van der Waals surface area contributed by atoms with E-state index in [-0.39, 0.29) is 5.91 Å². The van der Waals surface area contributed by atoms with E-state index in [1.165, 1.54) is 0 Å². The molecule has 1 unspecified atom stereocenters. The lowest BCUT2D eigenvalue weighted by atomic mass is 9.91. The van der Waals surface area contributed by atoms with Gasteiger partial charge in [0.1, 0.15) is 0 Å². The van der Waals surface area contributed by atoms with Crippen LogP contribution in [0.2, 0.25) is 0 Å². The Morgan fingerprint density at radius 3 is 2.73 bits per heavy atom. The second-order valence-electron chi connectivity index (χ2n) is 5.90. The molecule has 0 radical (unpaired) electrons. The van der Waals surface area contributed by atoms with Crippen molar-refractivity contribution in [3.05, 3.63) is 35.9 Å². The van der Waals surface area contributed by atoms with Crippen molar-refractivity contribution in [2.24, 2.45) is 10.9 Å². The van der Waals surface area contributed by atoms with Crippen LogP contribution in [0.25, 0.3) is 0 Å². The summed E-state index contributed by atoms with van der Waals surface area (Å²) in [6, 6.07) is 9.19. The molecule has 1 amide bonds. The van der Waals surface area contributed by atoms with E-state index in [4.69, 9.17) is 4.74 Å². The number of nitrogens with zero attached hydrogens (tertiary/aromatic N) is 2. The van der Waals surface area contributed by atoms with Gasteiger partial charge in [-0.1, -0.05) is 18.2 Å². The summed E-state index contributed by atoms with van der Waals surface area (Å²) in [5.74, 6) is 0.435. The summed E-state index contributed by atoms with van der Waals surface area (Å²) in [7, 11) is 0. The van der Waals surface area contributed by atoms with Crippen LogP contribution in [0.15, 0.2) is 35.3 Å². The van der Waals surface area contributed by atoms with Gasteiger partial charge in [-0.2, -0.15) is 4.99 Å². The molecule has 2 heterocycles. The lowest BCUT2D eigenvalue weighted by Crippen LogP contribution is -2.46. The molecular formula is C17H23N3O2. The maximum Gasteiger partial charge on any atom is 0.278 e. The van der Waals surface area contributed by atoms with Gasteiger partial charge in [-0.05, 0) is 30.9 Å². The smallest absolute Gasteiger partial charge is 0.278 e. The van der Waals surface area contributed by atoms with Gasteiger partial charge in [-0.3, -0.25) is 4.79 Å². The number of hydrogen-bond acceptors (Lipinski definition) is 3. The lowest BCUT2D eigenvalue weighted by Gasteiger charge is -2.36. The van der Waals surface area contributed by atoms with Crippen LogP contribution in [0.5, 0.6) is 0 Å². The lowest BCUT2D eigenvalue weighted by molar-refractivity contribution is -0.0222. The van der Waals surface area contributed by atoms with E-state index in [1.807, 2.05) is 18.2 Å². The van der Waals surface area contributed by atoms with Crippen molar-refractivity contribution < 1.29 is 9.53 Å². The fourth-order valence-electron chi connectivity index (χ4n) is 3.08. The van der Waals surface area contributed by atoms with Crippen LogP contribution < -0.4 is 5.32 Å². The molecule has 2 aliphatic rings. The monoisotopic (exact) mass is 301 g/mol. The zero-order valence-corrected chi connectivity index (χ0v) is 12.8. The molecule has 1 aromatic rings. The quantitative estimate of drug-likeness (QED) is 0.680. The van der Waals surface area contributed by atoms with E-state index < -0.39 is 0 Å². The fourth-order valence-corrected chi connectivity index (χ4v) is 3.08. The number of rotatable bonds is 3. The number of morpholine rings is 1. The first-order valence-corrected chi connectivity index (χ1v) is 8.03. The van der Waals surface area contributed by atoms with Crippen molar-refractivity contribution in [2.45, 2.75) is 18.9 Å². The summed E-state index contributed by atoms with van der Waals surface area (Å²) in [4.78, 5) is 18.2. The van der Waals surface area contributed by atoms with E-state index in [0.717, 1.165) is 45.6 Å². The molecule has 0 saturated carbocycles. The molecule has 3 rings (SSSR count). The van der Waals surface area contributed by atoms with E-state index in [9.17, 15) is 4.79 Å². The summed E-state index contributed by atoms with van der Waals surface area (Å²) >= 11 is 0. The number of hydrogen-bond donors (Lipinski definition) is 1. The zero-order chi connectivity index (χ0) is 15.2. The number of nitrogens with one attached hydrogen (secondary N) is 1. The van der Waals surface area contributed by atoms with Crippen molar-refractivity contribution in [3.8, 4) is 0 Å². The van der Waals surface area contributed by atoms with Crippen molar-refractivity contribution in [3.63, 3.8) is 0 Å².